The normalized spacial score (nSPS) is 18.7. The first-order valence-corrected chi connectivity index (χ1v) is 6.68. The second-order valence-electron chi connectivity index (χ2n) is 5.25. The van der Waals surface area contributed by atoms with Crippen LogP contribution in [0.1, 0.15) is 33.6 Å². The van der Waals surface area contributed by atoms with Crippen molar-refractivity contribution in [1.82, 2.24) is 10.2 Å². The van der Waals surface area contributed by atoms with E-state index in [1.54, 1.807) is 0 Å². The summed E-state index contributed by atoms with van der Waals surface area (Å²) >= 11 is 0. The fraction of sp³-hybridized carbons (Fsp3) is 0.923. The SMILES string of the molecule is CCCCN(C)C(=NCC1(C)COC1)NCC. The molecule has 0 saturated carbocycles. The number of ether oxygens (including phenoxy) is 1. The van der Waals surface area contributed by atoms with E-state index in [-0.39, 0.29) is 5.41 Å². The second kappa shape index (κ2) is 6.84. The van der Waals surface area contributed by atoms with Crippen LogP contribution in [0.4, 0.5) is 0 Å². The fourth-order valence-electron chi connectivity index (χ4n) is 1.78. The molecule has 17 heavy (non-hydrogen) atoms. The molecular formula is C13H27N3O. The Kier molecular flexibility index (Phi) is 5.75. The first-order valence-electron chi connectivity index (χ1n) is 6.68. The molecule has 1 rings (SSSR count). The lowest BCUT2D eigenvalue weighted by atomic mass is 9.89. The van der Waals surface area contributed by atoms with Crippen molar-refractivity contribution in [1.29, 1.82) is 0 Å². The van der Waals surface area contributed by atoms with E-state index in [0.29, 0.717) is 0 Å². The Balaban J connectivity index is 2.47. The van der Waals surface area contributed by atoms with Crippen LogP contribution in [-0.4, -0.2) is 50.8 Å². The van der Waals surface area contributed by atoms with E-state index in [4.69, 9.17) is 9.73 Å². The third kappa shape index (κ3) is 4.54. The molecule has 1 saturated heterocycles. The van der Waals surface area contributed by atoms with Gasteiger partial charge in [-0.1, -0.05) is 20.3 Å². The van der Waals surface area contributed by atoms with E-state index in [9.17, 15) is 0 Å². The highest BCUT2D eigenvalue weighted by Gasteiger charge is 2.33. The summed E-state index contributed by atoms with van der Waals surface area (Å²) in [6, 6.07) is 0. The Bertz CT molecular complexity index is 249. The van der Waals surface area contributed by atoms with E-state index in [1.165, 1.54) is 12.8 Å². The number of guanidine groups is 1. The molecule has 0 aromatic heterocycles. The highest BCUT2D eigenvalue weighted by Crippen LogP contribution is 2.26. The van der Waals surface area contributed by atoms with Crippen LogP contribution in [0, 0.1) is 5.41 Å². The van der Waals surface area contributed by atoms with E-state index < -0.39 is 0 Å². The van der Waals surface area contributed by atoms with Crippen molar-refractivity contribution in [2.45, 2.75) is 33.6 Å². The number of rotatable bonds is 6. The summed E-state index contributed by atoms with van der Waals surface area (Å²) in [7, 11) is 2.11. The minimum absolute atomic E-state index is 0.256. The number of unbranched alkanes of at least 4 members (excludes halogenated alkanes) is 1. The average Bonchev–Trinajstić information content (AvgIpc) is 2.29. The van der Waals surface area contributed by atoms with Gasteiger partial charge in [0.05, 0.1) is 19.8 Å². The van der Waals surface area contributed by atoms with Crippen molar-refractivity contribution < 1.29 is 4.74 Å². The largest absolute Gasteiger partial charge is 0.380 e. The van der Waals surface area contributed by atoms with Gasteiger partial charge < -0.3 is 15.0 Å². The zero-order chi connectivity index (χ0) is 12.7. The lowest BCUT2D eigenvalue weighted by Crippen LogP contribution is -2.45. The van der Waals surface area contributed by atoms with Gasteiger partial charge >= 0.3 is 0 Å². The first-order chi connectivity index (χ1) is 8.11. The van der Waals surface area contributed by atoms with E-state index in [2.05, 4.69) is 38.0 Å². The molecule has 100 valence electrons. The van der Waals surface area contributed by atoms with E-state index in [0.717, 1.165) is 38.8 Å². The molecule has 0 aromatic carbocycles. The molecule has 0 radical (unpaired) electrons. The molecule has 0 aliphatic carbocycles. The third-order valence-electron chi connectivity index (χ3n) is 3.06. The second-order valence-corrected chi connectivity index (χ2v) is 5.25. The predicted octanol–water partition coefficient (Wildman–Crippen LogP) is 1.72. The molecule has 0 amide bonds. The number of aliphatic imine (C=N–C) groups is 1. The van der Waals surface area contributed by atoms with Gasteiger partial charge in [-0.05, 0) is 13.3 Å². The molecule has 0 unspecified atom stereocenters. The van der Waals surface area contributed by atoms with Gasteiger partial charge in [0.2, 0.25) is 0 Å². The molecule has 0 spiro atoms. The lowest BCUT2D eigenvalue weighted by Gasteiger charge is -2.37. The quantitative estimate of drug-likeness (QED) is 0.568. The van der Waals surface area contributed by atoms with Gasteiger partial charge in [0.15, 0.2) is 5.96 Å². The Morgan fingerprint density at radius 2 is 2.12 bits per heavy atom. The fourth-order valence-corrected chi connectivity index (χ4v) is 1.78. The first kappa shape index (κ1) is 14.3. The number of hydrogen-bond acceptors (Lipinski definition) is 2. The van der Waals surface area contributed by atoms with Crippen LogP contribution >= 0.6 is 0 Å². The van der Waals surface area contributed by atoms with Crippen molar-refractivity contribution in [2.75, 3.05) is 39.9 Å². The number of hydrogen-bond donors (Lipinski definition) is 1. The maximum absolute atomic E-state index is 5.25. The third-order valence-corrected chi connectivity index (χ3v) is 3.06. The van der Waals surface area contributed by atoms with Gasteiger partial charge in [-0.25, -0.2) is 0 Å². The lowest BCUT2D eigenvalue weighted by molar-refractivity contribution is -0.0945. The van der Waals surface area contributed by atoms with Gasteiger partial charge in [0.1, 0.15) is 0 Å². The van der Waals surface area contributed by atoms with Crippen LogP contribution in [0.2, 0.25) is 0 Å². The van der Waals surface area contributed by atoms with E-state index in [1.807, 2.05) is 0 Å². The minimum atomic E-state index is 0.256. The predicted molar refractivity (Wildman–Crippen MR) is 72.4 cm³/mol. The Hall–Kier alpha value is -0.770. The monoisotopic (exact) mass is 241 g/mol. The molecule has 1 aliphatic heterocycles. The molecule has 0 aromatic rings. The van der Waals surface area contributed by atoms with Crippen molar-refractivity contribution in [3.63, 3.8) is 0 Å². The Labute approximate surface area is 105 Å². The minimum Gasteiger partial charge on any atom is -0.380 e. The van der Waals surface area contributed by atoms with Gasteiger partial charge in [0, 0.05) is 25.6 Å². The molecule has 1 fully saturated rings. The van der Waals surface area contributed by atoms with Crippen LogP contribution in [-0.2, 0) is 4.74 Å². The van der Waals surface area contributed by atoms with Crippen molar-refractivity contribution in [3.8, 4) is 0 Å². The summed E-state index contributed by atoms with van der Waals surface area (Å²) in [6.45, 7) is 11.1. The summed E-state index contributed by atoms with van der Waals surface area (Å²) in [5, 5.41) is 3.35. The highest BCUT2D eigenvalue weighted by molar-refractivity contribution is 5.79. The molecular weight excluding hydrogens is 214 g/mol. The van der Waals surface area contributed by atoms with Gasteiger partial charge in [-0.3, -0.25) is 4.99 Å². The van der Waals surface area contributed by atoms with Crippen LogP contribution < -0.4 is 5.32 Å². The summed E-state index contributed by atoms with van der Waals surface area (Å²) in [5.41, 5.74) is 0.256. The maximum Gasteiger partial charge on any atom is 0.193 e. The molecule has 4 heteroatoms. The zero-order valence-corrected chi connectivity index (χ0v) is 11.8. The Morgan fingerprint density at radius 3 is 2.59 bits per heavy atom. The van der Waals surface area contributed by atoms with Gasteiger partial charge in [-0.2, -0.15) is 0 Å². The van der Waals surface area contributed by atoms with Crippen molar-refractivity contribution in [2.24, 2.45) is 10.4 Å². The zero-order valence-electron chi connectivity index (χ0n) is 11.8. The molecule has 0 atom stereocenters. The van der Waals surface area contributed by atoms with Crippen molar-refractivity contribution >= 4 is 5.96 Å². The van der Waals surface area contributed by atoms with Crippen molar-refractivity contribution in [3.05, 3.63) is 0 Å². The van der Waals surface area contributed by atoms with Gasteiger partial charge in [-0.15, -0.1) is 0 Å². The standard InChI is InChI=1S/C13H27N3O/c1-5-7-8-16(4)12(14-6-2)15-9-13(3)10-17-11-13/h5-11H2,1-4H3,(H,14,15). The van der Waals surface area contributed by atoms with Crippen LogP contribution in [0.5, 0.6) is 0 Å². The number of nitrogens with one attached hydrogen (secondary N) is 1. The molecule has 1 aliphatic rings. The summed E-state index contributed by atoms with van der Waals surface area (Å²) in [6.07, 6.45) is 2.43. The van der Waals surface area contributed by atoms with Crippen LogP contribution in [0.15, 0.2) is 4.99 Å². The molecule has 1 heterocycles. The van der Waals surface area contributed by atoms with E-state index >= 15 is 0 Å². The summed E-state index contributed by atoms with van der Waals surface area (Å²) in [5.74, 6) is 1.02. The topological polar surface area (TPSA) is 36.9 Å². The van der Waals surface area contributed by atoms with Crippen LogP contribution in [0.25, 0.3) is 0 Å². The van der Waals surface area contributed by atoms with Gasteiger partial charge in [0.25, 0.3) is 0 Å². The maximum atomic E-state index is 5.25. The highest BCUT2D eigenvalue weighted by atomic mass is 16.5. The van der Waals surface area contributed by atoms with Crippen LogP contribution in [0.3, 0.4) is 0 Å². The Morgan fingerprint density at radius 1 is 1.41 bits per heavy atom. The smallest absolute Gasteiger partial charge is 0.193 e. The molecule has 4 nitrogen and oxygen atoms in total. The summed E-state index contributed by atoms with van der Waals surface area (Å²) < 4.78 is 5.25. The molecule has 0 bridgehead atoms. The number of nitrogens with zero attached hydrogens (tertiary/aromatic N) is 2. The average molecular weight is 241 g/mol. The molecule has 1 N–H and O–H groups in total. The summed E-state index contributed by atoms with van der Waals surface area (Å²) in [4.78, 5) is 6.93.